The van der Waals surface area contributed by atoms with Crippen LogP contribution in [0.2, 0.25) is 0 Å². The second-order valence-corrected chi connectivity index (χ2v) is 5.39. The first kappa shape index (κ1) is 14.8. The highest BCUT2D eigenvalue weighted by molar-refractivity contribution is 5.97. The van der Waals surface area contributed by atoms with Gasteiger partial charge in [0.15, 0.2) is 5.78 Å². The minimum absolute atomic E-state index is 0.160. The zero-order chi connectivity index (χ0) is 15.2. The molecule has 2 aromatic carbocycles. The van der Waals surface area contributed by atoms with Crippen LogP contribution < -0.4 is 10.1 Å². The Hall–Kier alpha value is -2.17. The number of carbonyl (C=O) groups excluding carboxylic acids is 1. The smallest absolute Gasteiger partial charge is 0.176 e. The van der Waals surface area contributed by atoms with E-state index >= 15 is 0 Å². The van der Waals surface area contributed by atoms with Gasteiger partial charge in [-0.3, -0.25) is 9.69 Å². The molecule has 0 unspecified atom stereocenters. The molecular formula is C18H20N2O2. The molecule has 0 aromatic heterocycles. The summed E-state index contributed by atoms with van der Waals surface area (Å²) >= 11 is 0. The number of para-hydroxylation sites is 1. The molecule has 4 nitrogen and oxygen atoms in total. The van der Waals surface area contributed by atoms with Gasteiger partial charge in [0.1, 0.15) is 11.5 Å². The Morgan fingerprint density at radius 2 is 1.59 bits per heavy atom. The lowest BCUT2D eigenvalue weighted by Crippen LogP contribution is -2.45. The molecule has 1 aliphatic heterocycles. The first-order valence-corrected chi connectivity index (χ1v) is 7.60. The molecule has 0 bridgehead atoms. The number of ether oxygens (including phenoxy) is 1. The summed E-state index contributed by atoms with van der Waals surface area (Å²) in [6, 6.07) is 17.0. The van der Waals surface area contributed by atoms with Crippen molar-refractivity contribution in [1.29, 1.82) is 0 Å². The molecule has 0 aliphatic carbocycles. The molecule has 22 heavy (non-hydrogen) atoms. The van der Waals surface area contributed by atoms with E-state index in [4.69, 9.17) is 4.74 Å². The van der Waals surface area contributed by atoms with Crippen molar-refractivity contribution >= 4 is 5.78 Å². The van der Waals surface area contributed by atoms with Crippen LogP contribution in [-0.4, -0.2) is 43.4 Å². The number of Topliss-reactive ketones (excluding diaryl/α,β-unsaturated/α-hetero) is 1. The highest BCUT2D eigenvalue weighted by atomic mass is 16.5. The van der Waals surface area contributed by atoms with Gasteiger partial charge in [-0.2, -0.15) is 0 Å². The fraction of sp³-hybridized carbons (Fsp3) is 0.278. The molecule has 4 heteroatoms. The standard InChI is InChI=1S/C18H20N2O2/c21-18(14-20-12-10-19-11-13-20)15-6-8-17(9-7-15)22-16-4-2-1-3-5-16/h1-9,19H,10-14H2. The van der Waals surface area contributed by atoms with Crippen LogP contribution in [0, 0.1) is 0 Å². The van der Waals surface area contributed by atoms with Gasteiger partial charge in [-0.25, -0.2) is 0 Å². The van der Waals surface area contributed by atoms with E-state index < -0.39 is 0 Å². The van der Waals surface area contributed by atoms with Crippen molar-refractivity contribution in [1.82, 2.24) is 10.2 Å². The predicted octanol–water partition coefficient (Wildman–Crippen LogP) is 2.57. The van der Waals surface area contributed by atoms with E-state index in [1.165, 1.54) is 0 Å². The van der Waals surface area contributed by atoms with E-state index in [0.717, 1.165) is 43.2 Å². The maximum absolute atomic E-state index is 12.3. The molecule has 1 N–H and O–H groups in total. The van der Waals surface area contributed by atoms with E-state index in [-0.39, 0.29) is 5.78 Å². The molecule has 1 aliphatic rings. The highest BCUT2D eigenvalue weighted by Gasteiger charge is 2.14. The van der Waals surface area contributed by atoms with E-state index in [2.05, 4.69) is 10.2 Å². The average molecular weight is 296 g/mol. The fourth-order valence-corrected chi connectivity index (χ4v) is 2.50. The fourth-order valence-electron chi connectivity index (χ4n) is 2.50. The summed E-state index contributed by atoms with van der Waals surface area (Å²) in [6.45, 7) is 4.26. The van der Waals surface area contributed by atoms with E-state index in [0.29, 0.717) is 6.54 Å². The van der Waals surface area contributed by atoms with Crippen LogP contribution in [0.4, 0.5) is 0 Å². The zero-order valence-electron chi connectivity index (χ0n) is 12.5. The van der Waals surface area contributed by atoms with Crippen LogP contribution >= 0.6 is 0 Å². The molecule has 114 valence electrons. The predicted molar refractivity (Wildman–Crippen MR) is 86.6 cm³/mol. The Balaban J connectivity index is 1.59. The van der Waals surface area contributed by atoms with Gasteiger partial charge in [-0.1, -0.05) is 18.2 Å². The first-order valence-electron chi connectivity index (χ1n) is 7.60. The van der Waals surface area contributed by atoms with Gasteiger partial charge < -0.3 is 10.1 Å². The number of nitrogens with one attached hydrogen (secondary N) is 1. The zero-order valence-corrected chi connectivity index (χ0v) is 12.5. The molecule has 3 rings (SSSR count). The Kier molecular flexibility index (Phi) is 4.83. The number of benzene rings is 2. The van der Waals surface area contributed by atoms with E-state index in [9.17, 15) is 4.79 Å². The quantitative estimate of drug-likeness (QED) is 0.861. The van der Waals surface area contributed by atoms with Gasteiger partial charge >= 0.3 is 0 Å². The lowest BCUT2D eigenvalue weighted by Gasteiger charge is -2.26. The van der Waals surface area contributed by atoms with Gasteiger partial charge in [-0.15, -0.1) is 0 Å². The molecule has 0 spiro atoms. The lowest BCUT2D eigenvalue weighted by atomic mass is 10.1. The summed E-state index contributed by atoms with van der Waals surface area (Å²) in [5, 5.41) is 3.29. The summed E-state index contributed by atoms with van der Waals surface area (Å²) in [6.07, 6.45) is 0. The van der Waals surface area contributed by atoms with E-state index in [1.807, 2.05) is 54.6 Å². The number of ketones is 1. The van der Waals surface area contributed by atoms with Gasteiger partial charge in [0, 0.05) is 31.7 Å². The normalized spacial score (nSPS) is 15.5. The number of piperazine rings is 1. The first-order chi connectivity index (χ1) is 10.8. The van der Waals surface area contributed by atoms with Crippen molar-refractivity contribution in [3.8, 4) is 11.5 Å². The van der Waals surface area contributed by atoms with Crippen molar-refractivity contribution in [2.75, 3.05) is 32.7 Å². The van der Waals surface area contributed by atoms with Crippen LogP contribution in [0.1, 0.15) is 10.4 Å². The Morgan fingerprint density at radius 1 is 0.955 bits per heavy atom. The molecule has 1 heterocycles. The van der Waals surface area contributed by atoms with Gasteiger partial charge in [0.2, 0.25) is 0 Å². The third-order valence-electron chi connectivity index (χ3n) is 3.73. The molecule has 1 saturated heterocycles. The number of carbonyl (C=O) groups is 1. The summed E-state index contributed by atoms with van der Waals surface area (Å²) in [5.41, 5.74) is 0.735. The Labute approximate surface area is 130 Å². The molecule has 0 amide bonds. The maximum atomic E-state index is 12.3. The summed E-state index contributed by atoms with van der Waals surface area (Å²) < 4.78 is 5.73. The number of hydrogen-bond acceptors (Lipinski definition) is 4. The summed E-state index contributed by atoms with van der Waals surface area (Å²) in [7, 11) is 0. The van der Waals surface area contributed by atoms with Gasteiger partial charge in [0.05, 0.1) is 6.54 Å². The van der Waals surface area contributed by atoms with Crippen LogP contribution in [0.15, 0.2) is 54.6 Å². The number of rotatable bonds is 5. The molecule has 2 aromatic rings. The molecule has 0 saturated carbocycles. The van der Waals surface area contributed by atoms with Crippen LogP contribution in [0.3, 0.4) is 0 Å². The minimum Gasteiger partial charge on any atom is -0.457 e. The molecule has 1 fully saturated rings. The SMILES string of the molecule is O=C(CN1CCNCC1)c1ccc(Oc2ccccc2)cc1. The third-order valence-corrected chi connectivity index (χ3v) is 3.73. The van der Waals surface area contributed by atoms with E-state index in [1.54, 1.807) is 0 Å². The second-order valence-electron chi connectivity index (χ2n) is 5.39. The monoisotopic (exact) mass is 296 g/mol. The largest absolute Gasteiger partial charge is 0.457 e. The van der Waals surface area contributed by atoms with Crippen molar-refractivity contribution < 1.29 is 9.53 Å². The topological polar surface area (TPSA) is 41.6 Å². The average Bonchev–Trinajstić information content (AvgIpc) is 2.57. The number of nitrogens with zero attached hydrogens (tertiary/aromatic N) is 1. The minimum atomic E-state index is 0.160. The van der Waals surface area contributed by atoms with Gasteiger partial charge in [0.25, 0.3) is 0 Å². The number of hydrogen-bond donors (Lipinski definition) is 1. The highest BCUT2D eigenvalue weighted by Crippen LogP contribution is 2.21. The van der Waals surface area contributed by atoms with Crippen LogP contribution in [0.25, 0.3) is 0 Å². The Morgan fingerprint density at radius 3 is 2.27 bits per heavy atom. The maximum Gasteiger partial charge on any atom is 0.176 e. The second kappa shape index (κ2) is 7.20. The van der Waals surface area contributed by atoms with Crippen molar-refractivity contribution in [3.63, 3.8) is 0 Å². The molecule has 0 radical (unpaired) electrons. The Bertz CT molecular complexity index is 605. The molecular weight excluding hydrogens is 276 g/mol. The van der Waals surface area contributed by atoms with Crippen LogP contribution in [0.5, 0.6) is 11.5 Å². The van der Waals surface area contributed by atoms with Crippen molar-refractivity contribution in [2.45, 2.75) is 0 Å². The van der Waals surface area contributed by atoms with Crippen LogP contribution in [-0.2, 0) is 0 Å². The summed E-state index contributed by atoms with van der Waals surface area (Å²) in [5.74, 6) is 1.69. The van der Waals surface area contributed by atoms with Crippen molar-refractivity contribution in [3.05, 3.63) is 60.2 Å². The summed E-state index contributed by atoms with van der Waals surface area (Å²) in [4.78, 5) is 14.5. The third kappa shape index (κ3) is 3.93. The lowest BCUT2D eigenvalue weighted by molar-refractivity contribution is 0.0921. The van der Waals surface area contributed by atoms with Gasteiger partial charge in [-0.05, 0) is 36.4 Å². The molecule has 0 atom stereocenters. The van der Waals surface area contributed by atoms with Crippen molar-refractivity contribution in [2.24, 2.45) is 0 Å².